The minimum atomic E-state index is -0.325. The van der Waals surface area contributed by atoms with Crippen LogP contribution in [0.3, 0.4) is 0 Å². The second-order valence-corrected chi connectivity index (χ2v) is 8.45. The molecular weight excluding hydrogens is 262 g/mol. The summed E-state index contributed by atoms with van der Waals surface area (Å²) in [6, 6.07) is 0. The molecule has 1 heterocycles. The Morgan fingerprint density at radius 1 is 1.19 bits per heavy atom. The molecule has 0 aromatic heterocycles. The van der Waals surface area contributed by atoms with Gasteiger partial charge in [-0.15, -0.1) is 0 Å². The van der Waals surface area contributed by atoms with Gasteiger partial charge in [0.2, 0.25) is 0 Å². The summed E-state index contributed by atoms with van der Waals surface area (Å²) >= 11 is 0. The summed E-state index contributed by atoms with van der Waals surface area (Å²) < 4.78 is 6.20. The van der Waals surface area contributed by atoms with Crippen LogP contribution in [0.4, 0.5) is 0 Å². The molecule has 3 fully saturated rings. The highest BCUT2D eigenvalue weighted by Crippen LogP contribution is 2.66. The number of hydrogen-bond acceptors (Lipinski definition) is 3. The van der Waals surface area contributed by atoms with Crippen LogP contribution in [-0.2, 0) is 4.74 Å². The Morgan fingerprint density at radius 2 is 1.90 bits per heavy atom. The van der Waals surface area contributed by atoms with Crippen molar-refractivity contribution in [3.05, 3.63) is 0 Å². The van der Waals surface area contributed by atoms with Gasteiger partial charge in [0.15, 0.2) is 0 Å². The van der Waals surface area contributed by atoms with Crippen molar-refractivity contribution in [2.45, 2.75) is 71.5 Å². The number of aliphatic hydroxyl groups is 1. The maximum absolute atomic E-state index is 10.3. The molecule has 0 radical (unpaired) electrons. The summed E-state index contributed by atoms with van der Waals surface area (Å²) in [7, 11) is 0. The van der Waals surface area contributed by atoms with Crippen molar-refractivity contribution in [2.24, 2.45) is 16.7 Å². The number of nitrogens with zero attached hydrogens (tertiary/aromatic N) is 1. The molecule has 2 saturated carbocycles. The molecule has 3 heteroatoms. The van der Waals surface area contributed by atoms with Crippen LogP contribution in [0.25, 0.3) is 0 Å². The molecule has 1 aliphatic heterocycles. The largest absolute Gasteiger partial charge is 0.389 e. The second-order valence-electron chi connectivity index (χ2n) is 8.45. The molecule has 0 unspecified atom stereocenters. The van der Waals surface area contributed by atoms with E-state index in [2.05, 4.69) is 25.7 Å². The fourth-order valence-electron chi connectivity index (χ4n) is 5.10. The van der Waals surface area contributed by atoms with Gasteiger partial charge in [0.1, 0.15) is 0 Å². The lowest BCUT2D eigenvalue weighted by Gasteiger charge is -2.39. The van der Waals surface area contributed by atoms with E-state index in [1.54, 1.807) is 0 Å². The van der Waals surface area contributed by atoms with Crippen molar-refractivity contribution in [1.29, 1.82) is 0 Å². The standard InChI is InChI=1S/C18H33NO2/c1-17(2)14-7-8-18(17,3)16(11-14)21-13-15(20)12-19-9-5-4-6-10-19/h14-16,20H,4-13H2,1-3H3/t14-,15+,16-,18+/m0/s1. The smallest absolute Gasteiger partial charge is 0.0900 e. The van der Waals surface area contributed by atoms with Crippen molar-refractivity contribution < 1.29 is 9.84 Å². The molecule has 3 aliphatic rings. The van der Waals surface area contributed by atoms with Gasteiger partial charge in [-0.2, -0.15) is 0 Å². The highest BCUT2D eigenvalue weighted by molar-refractivity contribution is 5.11. The van der Waals surface area contributed by atoms with Crippen LogP contribution < -0.4 is 0 Å². The fourth-order valence-corrected chi connectivity index (χ4v) is 5.10. The summed E-state index contributed by atoms with van der Waals surface area (Å²) in [5, 5.41) is 10.3. The molecule has 3 nitrogen and oxygen atoms in total. The molecule has 3 rings (SSSR count). The van der Waals surface area contributed by atoms with Gasteiger partial charge in [0.25, 0.3) is 0 Å². The lowest BCUT2D eigenvalue weighted by atomic mass is 9.70. The number of fused-ring (bicyclic) bond motifs is 2. The highest BCUT2D eigenvalue weighted by Gasteiger charge is 2.61. The Bertz CT molecular complexity index is 364. The van der Waals surface area contributed by atoms with Crippen molar-refractivity contribution in [3.8, 4) is 0 Å². The first kappa shape index (κ1) is 15.8. The topological polar surface area (TPSA) is 32.7 Å². The van der Waals surface area contributed by atoms with Gasteiger partial charge >= 0.3 is 0 Å². The van der Waals surface area contributed by atoms with Crippen molar-refractivity contribution >= 4 is 0 Å². The molecule has 4 atom stereocenters. The minimum Gasteiger partial charge on any atom is -0.389 e. The third-order valence-electron chi connectivity index (χ3n) is 7.12. The fraction of sp³-hybridized carbons (Fsp3) is 1.00. The van der Waals surface area contributed by atoms with E-state index >= 15 is 0 Å². The monoisotopic (exact) mass is 295 g/mol. The van der Waals surface area contributed by atoms with Gasteiger partial charge in [0.05, 0.1) is 18.8 Å². The van der Waals surface area contributed by atoms with Crippen molar-refractivity contribution in [2.75, 3.05) is 26.2 Å². The number of hydrogen-bond donors (Lipinski definition) is 1. The van der Waals surface area contributed by atoms with E-state index in [0.717, 1.165) is 25.6 Å². The van der Waals surface area contributed by atoms with E-state index in [4.69, 9.17) is 4.74 Å². The number of likely N-dealkylation sites (tertiary alicyclic amines) is 1. The molecule has 1 N–H and O–H groups in total. The van der Waals surface area contributed by atoms with Crippen LogP contribution in [-0.4, -0.2) is 48.5 Å². The van der Waals surface area contributed by atoms with Crippen LogP contribution in [0, 0.1) is 16.7 Å². The van der Waals surface area contributed by atoms with Gasteiger partial charge in [0, 0.05) is 6.54 Å². The molecule has 2 bridgehead atoms. The number of aliphatic hydroxyl groups excluding tert-OH is 1. The van der Waals surface area contributed by atoms with Gasteiger partial charge in [-0.1, -0.05) is 27.2 Å². The lowest BCUT2D eigenvalue weighted by Crippen LogP contribution is -2.41. The van der Waals surface area contributed by atoms with Crippen molar-refractivity contribution in [3.63, 3.8) is 0 Å². The average molecular weight is 295 g/mol. The summed E-state index contributed by atoms with van der Waals surface area (Å²) in [5.74, 6) is 0.812. The molecule has 0 amide bonds. The van der Waals surface area contributed by atoms with E-state index in [1.807, 2.05) is 0 Å². The summed E-state index contributed by atoms with van der Waals surface area (Å²) in [6.07, 6.45) is 7.78. The Hall–Kier alpha value is -0.120. The Labute approximate surface area is 130 Å². The third-order valence-corrected chi connectivity index (χ3v) is 7.12. The van der Waals surface area contributed by atoms with Crippen LogP contribution in [0.1, 0.15) is 59.3 Å². The SMILES string of the molecule is CC1(C)[C@H]2CC[C@]1(C)[C@@H](OC[C@H](O)CN1CCCCC1)C2. The Morgan fingerprint density at radius 3 is 2.48 bits per heavy atom. The maximum Gasteiger partial charge on any atom is 0.0900 e. The summed E-state index contributed by atoms with van der Waals surface area (Å²) in [5.41, 5.74) is 0.706. The molecule has 0 aromatic carbocycles. The molecule has 122 valence electrons. The maximum atomic E-state index is 10.3. The first-order valence-electron chi connectivity index (χ1n) is 8.95. The summed E-state index contributed by atoms with van der Waals surface area (Å²) in [6.45, 7) is 10.8. The molecule has 0 spiro atoms. The first-order valence-corrected chi connectivity index (χ1v) is 8.95. The minimum absolute atomic E-state index is 0.308. The zero-order chi connectivity index (χ0) is 15.1. The second kappa shape index (κ2) is 5.82. The Balaban J connectivity index is 1.47. The van der Waals surface area contributed by atoms with E-state index < -0.39 is 0 Å². The Kier molecular flexibility index (Phi) is 4.37. The van der Waals surface area contributed by atoms with Gasteiger partial charge in [-0.3, -0.25) is 0 Å². The molecule has 2 aliphatic carbocycles. The molecule has 21 heavy (non-hydrogen) atoms. The third kappa shape index (κ3) is 2.77. The van der Waals surface area contributed by atoms with E-state index in [1.165, 1.54) is 38.5 Å². The zero-order valence-electron chi connectivity index (χ0n) is 14.1. The van der Waals surface area contributed by atoms with Crippen molar-refractivity contribution in [1.82, 2.24) is 4.90 Å². The predicted molar refractivity (Wildman–Crippen MR) is 85.3 cm³/mol. The van der Waals surface area contributed by atoms with Crippen LogP contribution in [0.2, 0.25) is 0 Å². The van der Waals surface area contributed by atoms with Crippen LogP contribution >= 0.6 is 0 Å². The van der Waals surface area contributed by atoms with Gasteiger partial charge < -0.3 is 14.7 Å². The van der Waals surface area contributed by atoms with E-state index in [-0.39, 0.29) is 6.10 Å². The molecule has 0 aromatic rings. The quantitative estimate of drug-likeness (QED) is 0.846. The summed E-state index contributed by atoms with van der Waals surface area (Å²) in [4.78, 5) is 2.39. The molecular formula is C18H33NO2. The van der Waals surface area contributed by atoms with E-state index in [0.29, 0.717) is 23.5 Å². The normalized spacial score (nSPS) is 40.6. The average Bonchev–Trinajstić information content (AvgIpc) is 2.79. The molecule has 1 saturated heterocycles. The van der Waals surface area contributed by atoms with Gasteiger partial charge in [-0.05, 0) is 61.9 Å². The highest BCUT2D eigenvalue weighted by atomic mass is 16.5. The first-order chi connectivity index (χ1) is 9.93. The van der Waals surface area contributed by atoms with Gasteiger partial charge in [-0.25, -0.2) is 0 Å². The predicted octanol–water partition coefficient (Wildman–Crippen LogP) is 3.06. The number of piperidine rings is 1. The zero-order valence-corrected chi connectivity index (χ0v) is 14.1. The lowest BCUT2D eigenvalue weighted by molar-refractivity contribution is -0.0798. The van der Waals surface area contributed by atoms with Crippen LogP contribution in [0.5, 0.6) is 0 Å². The van der Waals surface area contributed by atoms with E-state index in [9.17, 15) is 5.11 Å². The number of ether oxygens (including phenoxy) is 1. The number of rotatable bonds is 5. The number of β-amino-alcohol motifs (C(OH)–C–C–N with tert-alkyl or cyclic N) is 1. The van der Waals surface area contributed by atoms with Crippen LogP contribution in [0.15, 0.2) is 0 Å².